The van der Waals surface area contributed by atoms with Gasteiger partial charge in [0.1, 0.15) is 11.3 Å². The number of nitro benzene ring substituents is 1. The van der Waals surface area contributed by atoms with Crippen molar-refractivity contribution in [1.29, 1.82) is 0 Å². The monoisotopic (exact) mass is 325 g/mol. The molecule has 120 valence electrons. The smallest absolute Gasteiger partial charge is 0.307 e. The quantitative estimate of drug-likeness (QED) is 0.434. The Bertz CT molecular complexity index is 961. The number of rotatable bonds is 4. The second-order valence-electron chi connectivity index (χ2n) is 4.88. The number of phenols is 1. The molecule has 0 spiro atoms. The maximum atomic E-state index is 12.0. The molecular weight excluding hydrogens is 314 g/mol. The minimum Gasteiger partial charge on any atom is -0.508 e. The minimum atomic E-state index is -0.592. The van der Waals surface area contributed by atoms with Crippen LogP contribution < -0.4 is 5.43 Å². The van der Waals surface area contributed by atoms with Gasteiger partial charge in [0, 0.05) is 17.5 Å². The maximum Gasteiger partial charge on any atom is 0.307 e. The number of non-ortho nitro benzene ring substituents is 1. The van der Waals surface area contributed by atoms with Gasteiger partial charge >= 0.3 is 5.91 Å². The molecule has 2 aromatic carbocycles. The summed E-state index contributed by atoms with van der Waals surface area (Å²) in [6.45, 7) is 0. The fourth-order valence-corrected chi connectivity index (χ4v) is 2.08. The maximum absolute atomic E-state index is 12.0. The number of hydrogen-bond acceptors (Lipinski definition) is 6. The van der Waals surface area contributed by atoms with Crippen LogP contribution in [-0.2, 0) is 0 Å². The molecule has 0 aliphatic heterocycles. The van der Waals surface area contributed by atoms with Gasteiger partial charge in [-0.25, -0.2) is 5.43 Å². The van der Waals surface area contributed by atoms with Gasteiger partial charge in [-0.1, -0.05) is 12.1 Å². The van der Waals surface area contributed by atoms with E-state index in [-0.39, 0.29) is 17.2 Å². The SMILES string of the molecule is O=C(N/N=C\c1cccc(O)c1)c1cc2cc([N+](=O)[O-])ccc2o1. The predicted molar refractivity (Wildman–Crippen MR) is 86.0 cm³/mol. The average molecular weight is 325 g/mol. The first kappa shape index (κ1) is 15.2. The summed E-state index contributed by atoms with van der Waals surface area (Å²) < 4.78 is 5.34. The number of hydrazone groups is 1. The summed E-state index contributed by atoms with van der Waals surface area (Å²) >= 11 is 0. The molecular formula is C16H11N3O5. The molecule has 0 fully saturated rings. The van der Waals surface area contributed by atoms with Crippen molar-refractivity contribution in [3.05, 3.63) is 70.0 Å². The van der Waals surface area contributed by atoms with Crippen LogP contribution in [0.3, 0.4) is 0 Å². The van der Waals surface area contributed by atoms with E-state index in [1.54, 1.807) is 12.1 Å². The highest BCUT2D eigenvalue weighted by molar-refractivity contribution is 5.97. The Morgan fingerprint density at radius 1 is 1.25 bits per heavy atom. The number of amides is 1. The van der Waals surface area contributed by atoms with Crippen molar-refractivity contribution in [1.82, 2.24) is 5.43 Å². The number of nitrogens with zero attached hydrogens (tertiary/aromatic N) is 2. The Morgan fingerprint density at radius 2 is 2.08 bits per heavy atom. The van der Waals surface area contributed by atoms with E-state index in [4.69, 9.17) is 4.42 Å². The lowest BCUT2D eigenvalue weighted by molar-refractivity contribution is -0.384. The van der Waals surface area contributed by atoms with Crippen molar-refractivity contribution in [2.75, 3.05) is 0 Å². The van der Waals surface area contributed by atoms with Gasteiger partial charge in [0.25, 0.3) is 5.69 Å². The molecule has 0 aliphatic carbocycles. The average Bonchev–Trinajstić information content (AvgIpc) is 2.98. The van der Waals surface area contributed by atoms with Gasteiger partial charge in [-0.2, -0.15) is 5.10 Å². The van der Waals surface area contributed by atoms with Crippen molar-refractivity contribution < 1.29 is 19.2 Å². The Labute approximate surface area is 135 Å². The number of benzene rings is 2. The van der Waals surface area contributed by atoms with Crippen molar-refractivity contribution in [3.63, 3.8) is 0 Å². The summed E-state index contributed by atoms with van der Waals surface area (Å²) in [7, 11) is 0. The molecule has 0 radical (unpaired) electrons. The van der Waals surface area contributed by atoms with Gasteiger partial charge < -0.3 is 9.52 Å². The van der Waals surface area contributed by atoms with Gasteiger partial charge in [-0.05, 0) is 29.8 Å². The molecule has 2 N–H and O–H groups in total. The Hall–Kier alpha value is -3.68. The Kier molecular flexibility index (Phi) is 3.94. The topological polar surface area (TPSA) is 118 Å². The molecule has 1 aromatic heterocycles. The van der Waals surface area contributed by atoms with Crippen LogP contribution in [0.5, 0.6) is 5.75 Å². The second-order valence-corrected chi connectivity index (χ2v) is 4.88. The summed E-state index contributed by atoms with van der Waals surface area (Å²) in [6, 6.07) is 11.8. The van der Waals surface area contributed by atoms with E-state index in [1.165, 1.54) is 42.6 Å². The predicted octanol–water partition coefficient (Wildman–Crippen LogP) is 2.81. The summed E-state index contributed by atoms with van der Waals surface area (Å²) in [5.74, 6) is -0.520. The first-order valence-corrected chi connectivity index (χ1v) is 6.83. The second kappa shape index (κ2) is 6.21. The summed E-state index contributed by atoms with van der Waals surface area (Å²) in [4.78, 5) is 22.2. The van der Waals surface area contributed by atoms with Crippen LogP contribution in [0, 0.1) is 10.1 Å². The van der Waals surface area contributed by atoms with Crippen molar-refractivity contribution in [2.45, 2.75) is 0 Å². The molecule has 0 saturated heterocycles. The molecule has 3 rings (SSSR count). The van der Waals surface area contributed by atoms with Crippen LogP contribution >= 0.6 is 0 Å². The number of nitrogens with one attached hydrogen (secondary N) is 1. The minimum absolute atomic E-state index is 0.0152. The number of phenolic OH excluding ortho intramolecular Hbond substituents is 1. The fourth-order valence-electron chi connectivity index (χ4n) is 2.08. The lowest BCUT2D eigenvalue weighted by atomic mass is 10.2. The fraction of sp³-hybridized carbons (Fsp3) is 0. The number of nitro groups is 1. The standard InChI is InChI=1S/C16H11N3O5/c20-13-3-1-2-10(6-13)9-17-18-16(21)15-8-11-7-12(19(22)23)4-5-14(11)24-15/h1-9,20H,(H,18,21)/b17-9-. The Morgan fingerprint density at radius 3 is 2.83 bits per heavy atom. The molecule has 0 unspecified atom stereocenters. The highest BCUT2D eigenvalue weighted by Gasteiger charge is 2.14. The van der Waals surface area contributed by atoms with E-state index in [0.29, 0.717) is 16.5 Å². The van der Waals surface area contributed by atoms with E-state index in [0.717, 1.165) is 0 Å². The number of carbonyl (C=O) groups excluding carboxylic acids is 1. The summed E-state index contributed by atoms with van der Waals surface area (Å²) in [6.07, 6.45) is 1.37. The van der Waals surface area contributed by atoms with E-state index in [9.17, 15) is 20.0 Å². The Balaban J connectivity index is 1.75. The normalized spacial score (nSPS) is 11.0. The summed E-state index contributed by atoms with van der Waals surface area (Å²) in [5.41, 5.74) is 3.17. The molecule has 0 atom stereocenters. The van der Waals surface area contributed by atoms with Gasteiger partial charge in [-0.3, -0.25) is 14.9 Å². The third-order valence-corrected chi connectivity index (χ3v) is 3.18. The van der Waals surface area contributed by atoms with Crippen LogP contribution in [0.4, 0.5) is 5.69 Å². The number of hydrogen-bond donors (Lipinski definition) is 2. The summed E-state index contributed by atoms with van der Waals surface area (Å²) in [5, 5.41) is 24.3. The zero-order valence-corrected chi connectivity index (χ0v) is 12.2. The van der Waals surface area contributed by atoms with Crippen molar-refractivity contribution >= 4 is 28.8 Å². The third kappa shape index (κ3) is 3.22. The molecule has 8 heteroatoms. The molecule has 1 heterocycles. The molecule has 0 aliphatic rings. The lowest BCUT2D eigenvalue weighted by Gasteiger charge is -1.96. The van der Waals surface area contributed by atoms with Gasteiger partial charge in [0.2, 0.25) is 0 Å². The molecule has 0 saturated carbocycles. The number of carbonyl (C=O) groups is 1. The molecule has 1 amide bonds. The molecule has 24 heavy (non-hydrogen) atoms. The van der Waals surface area contributed by atoms with E-state index < -0.39 is 10.8 Å². The lowest BCUT2D eigenvalue weighted by Crippen LogP contribution is -2.16. The number of furan rings is 1. The van der Waals surface area contributed by atoms with Crippen LogP contribution in [0.1, 0.15) is 16.1 Å². The van der Waals surface area contributed by atoms with E-state index >= 15 is 0 Å². The van der Waals surface area contributed by atoms with E-state index in [2.05, 4.69) is 10.5 Å². The van der Waals surface area contributed by atoms with Crippen LogP contribution in [-0.4, -0.2) is 22.2 Å². The van der Waals surface area contributed by atoms with E-state index in [1.807, 2.05) is 0 Å². The number of aromatic hydroxyl groups is 1. The molecule has 8 nitrogen and oxygen atoms in total. The first-order chi connectivity index (χ1) is 11.5. The van der Waals surface area contributed by atoms with Gasteiger partial charge in [-0.15, -0.1) is 0 Å². The third-order valence-electron chi connectivity index (χ3n) is 3.18. The van der Waals surface area contributed by atoms with Crippen LogP contribution in [0.2, 0.25) is 0 Å². The zero-order valence-electron chi connectivity index (χ0n) is 12.2. The number of fused-ring (bicyclic) bond motifs is 1. The van der Waals surface area contributed by atoms with Gasteiger partial charge in [0.15, 0.2) is 5.76 Å². The first-order valence-electron chi connectivity index (χ1n) is 6.83. The van der Waals surface area contributed by atoms with Gasteiger partial charge in [0.05, 0.1) is 11.1 Å². The highest BCUT2D eigenvalue weighted by atomic mass is 16.6. The highest BCUT2D eigenvalue weighted by Crippen LogP contribution is 2.24. The molecule has 3 aromatic rings. The molecule has 0 bridgehead atoms. The van der Waals surface area contributed by atoms with Crippen LogP contribution in [0.15, 0.2) is 58.0 Å². The largest absolute Gasteiger partial charge is 0.508 e. The van der Waals surface area contributed by atoms with Crippen molar-refractivity contribution in [3.8, 4) is 5.75 Å². The van der Waals surface area contributed by atoms with Crippen molar-refractivity contribution in [2.24, 2.45) is 5.10 Å². The zero-order chi connectivity index (χ0) is 17.1. The van der Waals surface area contributed by atoms with Crippen LogP contribution in [0.25, 0.3) is 11.0 Å².